The summed E-state index contributed by atoms with van der Waals surface area (Å²) in [7, 11) is 1.31. The Balaban J connectivity index is 2.01. The Morgan fingerprint density at radius 1 is 0.960 bits per heavy atom. The van der Waals surface area contributed by atoms with E-state index in [0.717, 1.165) is 11.1 Å². The first-order chi connectivity index (χ1) is 12.1. The number of esters is 1. The highest BCUT2D eigenvalue weighted by molar-refractivity contribution is 6.15. The molecule has 0 saturated heterocycles. The molecule has 3 aromatic rings. The lowest BCUT2D eigenvalue weighted by Crippen LogP contribution is -2.12. The molecule has 1 heterocycles. The smallest absolute Gasteiger partial charge is 0.340 e. The number of aromatic amines is 1. The monoisotopic (exact) mass is 333 g/mol. The number of hydrogen-bond acceptors (Lipinski definition) is 3. The van der Waals surface area contributed by atoms with Crippen molar-refractivity contribution in [3.63, 3.8) is 0 Å². The normalized spacial score (nSPS) is 10.5. The van der Waals surface area contributed by atoms with Crippen LogP contribution < -0.4 is 0 Å². The summed E-state index contributed by atoms with van der Waals surface area (Å²) in [5.41, 5.74) is 3.90. The van der Waals surface area contributed by atoms with Crippen molar-refractivity contribution >= 4 is 11.8 Å². The van der Waals surface area contributed by atoms with Gasteiger partial charge in [-0.15, -0.1) is 0 Å². The minimum absolute atomic E-state index is 0.184. The molecule has 0 atom stereocenters. The van der Waals surface area contributed by atoms with Crippen LogP contribution in [0.25, 0.3) is 0 Å². The van der Waals surface area contributed by atoms with E-state index in [9.17, 15) is 9.59 Å². The first-order valence-corrected chi connectivity index (χ1v) is 8.04. The van der Waals surface area contributed by atoms with E-state index >= 15 is 0 Å². The summed E-state index contributed by atoms with van der Waals surface area (Å²) in [4.78, 5) is 28.1. The molecule has 4 heteroatoms. The van der Waals surface area contributed by atoms with Gasteiger partial charge in [0, 0.05) is 17.5 Å². The SMILES string of the molecule is COC(=O)c1c(C(=O)c2ccccc2Cc2ccccc2)c[nH]c1C. The van der Waals surface area contributed by atoms with E-state index in [-0.39, 0.29) is 5.78 Å². The van der Waals surface area contributed by atoms with Crippen LogP contribution in [-0.4, -0.2) is 23.8 Å². The zero-order chi connectivity index (χ0) is 17.8. The number of hydrogen-bond donors (Lipinski definition) is 1. The second kappa shape index (κ2) is 7.18. The first kappa shape index (κ1) is 16.7. The van der Waals surface area contributed by atoms with E-state index in [1.165, 1.54) is 7.11 Å². The van der Waals surface area contributed by atoms with Crippen molar-refractivity contribution in [2.24, 2.45) is 0 Å². The molecule has 126 valence electrons. The number of benzene rings is 2. The third-order valence-corrected chi connectivity index (χ3v) is 4.21. The number of methoxy groups -OCH3 is 1. The maximum atomic E-state index is 13.1. The molecule has 1 N–H and O–H groups in total. The van der Waals surface area contributed by atoms with Crippen LogP contribution in [0.15, 0.2) is 60.8 Å². The van der Waals surface area contributed by atoms with Crippen molar-refractivity contribution < 1.29 is 14.3 Å². The number of ketones is 1. The van der Waals surface area contributed by atoms with Gasteiger partial charge in [0.1, 0.15) is 0 Å². The molecule has 0 aliphatic carbocycles. The predicted octanol–water partition coefficient (Wildman–Crippen LogP) is 3.93. The summed E-state index contributed by atoms with van der Waals surface area (Å²) in [6, 6.07) is 17.5. The average Bonchev–Trinajstić information content (AvgIpc) is 3.03. The molecule has 0 spiro atoms. The van der Waals surface area contributed by atoms with Crippen molar-refractivity contribution in [1.82, 2.24) is 4.98 Å². The van der Waals surface area contributed by atoms with Gasteiger partial charge < -0.3 is 9.72 Å². The molecular weight excluding hydrogens is 314 g/mol. The molecule has 0 aliphatic rings. The fourth-order valence-corrected chi connectivity index (χ4v) is 2.93. The first-order valence-electron chi connectivity index (χ1n) is 8.04. The Morgan fingerprint density at radius 2 is 1.64 bits per heavy atom. The summed E-state index contributed by atoms with van der Waals surface area (Å²) >= 11 is 0. The molecule has 4 nitrogen and oxygen atoms in total. The Labute approximate surface area is 146 Å². The minimum atomic E-state index is -0.511. The number of carbonyl (C=O) groups is 2. The van der Waals surface area contributed by atoms with Gasteiger partial charge in [0.15, 0.2) is 5.78 Å². The molecule has 0 radical (unpaired) electrons. The largest absolute Gasteiger partial charge is 0.465 e. The number of rotatable bonds is 5. The molecule has 0 fully saturated rings. The molecule has 0 aliphatic heterocycles. The molecule has 3 rings (SSSR count). The number of ether oxygens (including phenoxy) is 1. The standard InChI is InChI=1S/C21H19NO3/c1-14-19(21(24)25-2)18(13-22-14)20(23)17-11-7-6-10-16(17)12-15-8-4-3-5-9-15/h3-11,13,22H,12H2,1-2H3. The summed E-state index contributed by atoms with van der Waals surface area (Å²) in [6.45, 7) is 1.75. The quantitative estimate of drug-likeness (QED) is 0.568. The van der Waals surface area contributed by atoms with E-state index in [1.807, 2.05) is 48.5 Å². The molecule has 0 saturated carbocycles. The van der Waals surface area contributed by atoms with Gasteiger partial charge in [-0.25, -0.2) is 4.79 Å². The Morgan fingerprint density at radius 3 is 2.36 bits per heavy atom. The molecule has 0 bridgehead atoms. The van der Waals surface area contributed by atoms with Gasteiger partial charge >= 0.3 is 5.97 Å². The van der Waals surface area contributed by atoms with Crippen LogP contribution >= 0.6 is 0 Å². The van der Waals surface area contributed by atoms with Crippen molar-refractivity contribution in [2.75, 3.05) is 7.11 Å². The molecule has 25 heavy (non-hydrogen) atoms. The van der Waals surface area contributed by atoms with Crippen LogP contribution in [0.1, 0.15) is 43.1 Å². The van der Waals surface area contributed by atoms with Crippen LogP contribution in [0.5, 0.6) is 0 Å². The van der Waals surface area contributed by atoms with E-state index in [4.69, 9.17) is 4.74 Å². The van der Waals surface area contributed by atoms with Crippen LogP contribution in [-0.2, 0) is 11.2 Å². The molecular formula is C21H19NO3. The van der Waals surface area contributed by atoms with Crippen molar-refractivity contribution in [3.8, 4) is 0 Å². The Bertz CT molecular complexity index is 910. The summed E-state index contributed by atoms with van der Waals surface area (Å²) in [6.07, 6.45) is 2.23. The van der Waals surface area contributed by atoms with Crippen molar-refractivity contribution in [2.45, 2.75) is 13.3 Å². The number of carbonyl (C=O) groups excluding carboxylic acids is 2. The fourth-order valence-electron chi connectivity index (χ4n) is 2.93. The van der Waals surface area contributed by atoms with E-state index in [2.05, 4.69) is 4.98 Å². The van der Waals surface area contributed by atoms with Gasteiger partial charge in [-0.2, -0.15) is 0 Å². The molecule has 2 aromatic carbocycles. The zero-order valence-corrected chi connectivity index (χ0v) is 14.2. The Hall–Kier alpha value is -3.14. The number of H-pyrrole nitrogens is 1. The van der Waals surface area contributed by atoms with Gasteiger partial charge in [0.2, 0.25) is 0 Å². The van der Waals surface area contributed by atoms with Gasteiger partial charge in [0.25, 0.3) is 0 Å². The lowest BCUT2D eigenvalue weighted by molar-refractivity contribution is 0.0597. The predicted molar refractivity (Wildman–Crippen MR) is 96.0 cm³/mol. The van der Waals surface area contributed by atoms with Gasteiger partial charge in [-0.05, 0) is 24.5 Å². The van der Waals surface area contributed by atoms with E-state index in [1.54, 1.807) is 19.2 Å². The fraction of sp³-hybridized carbons (Fsp3) is 0.143. The number of nitrogens with one attached hydrogen (secondary N) is 1. The molecule has 0 amide bonds. The highest BCUT2D eigenvalue weighted by Gasteiger charge is 2.24. The van der Waals surface area contributed by atoms with Gasteiger partial charge in [0.05, 0.1) is 18.2 Å². The lowest BCUT2D eigenvalue weighted by atomic mass is 9.93. The van der Waals surface area contributed by atoms with Gasteiger partial charge in [-0.1, -0.05) is 54.6 Å². The van der Waals surface area contributed by atoms with Crippen LogP contribution in [0.3, 0.4) is 0 Å². The average molecular weight is 333 g/mol. The lowest BCUT2D eigenvalue weighted by Gasteiger charge is -2.09. The molecule has 1 aromatic heterocycles. The highest BCUT2D eigenvalue weighted by Crippen LogP contribution is 2.22. The number of aryl methyl sites for hydroxylation is 1. The van der Waals surface area contributed by atoms with E-state index in [0.29, 0.717) is 28.8 Å². The van der Waals surface area contributed by atoms with Crippen LogP contribution in [0, 0.1) is 6.92 Å². The van der Waals surface area contributed by atoms with Gasteiger partial charge in [-0.3, -0.25) is 4.79 Å². The second-order valence-corrected chi connectivity index (χ2v) is 5.84. The van der Waals surface area contributed by atoms with Crippen molar-refractivity contribution in [3.05, 3.63) is 94.3 Å². The maximum Gasteiger partial charge on any atom is 0.340 e. The highest BCUT2D eigenvalue weighted by atomic mass is 16.5. The van der Waals surface area contributed by atoms with Crippen LogP contribution in [0.2, 0.25) is 0 Å². The summed E-state index contributed by atoms with van der Waals surface area (Å²) in [5, 5.41) is 0. The summed E-state index contributed by atoms with van der Waals surface area (Å²) < 4.78 is 4.82. The maximum absolute atomic E-state index is 13.1. The third-order valence-electron chi connectivity index (χ3n) is 4.21. The molecule has 0 unspecified atom stereocenters. The van der Waals surface area contributed by atoms with Crippen molar-refractivity contribution in [1.29, 1.82) is 0 Å². The Kier molecular flexibility index (Phi) is 4.80. The topological polar surface area (TPSA) is 59.2 Å². The van der Waals surface area contributed by atoms with E-state index < -0.39 is 5.97 Å². The summed E-state index contributed by atoms with van der Waals surface area (Å²) in [5.74, 6) is -0.695. The third kappa shape index (κ3) is 3.38. The second-order valence-electron chi connectivity index (χ2n) is 5.84. The minimum Gasteiger partial charge on any atom is -0.465 e. The number of aromatic nitrogens is 1. The van der Waals surface area contributed by atoms with Crippen LogP contribution in [0.4, 0.5) is 0 Å². The zero-order valence-electron chi connectivity index (χ0n) is 14.2.